The number of hydrogen-bond donors (Lipinski definition) is 2. The van der Waals surface area contributed by atoms with Gasteiger partial charge in [0.1, 0.15) is 24.7 Å². The molecule has 174 valence electrons. The molecule has 2 N–H and O–H groups in total. The van der Waals surface area contributed by atoms with E-state index in [1.165, 1.54) is 11.0 Å². The minimum Gasteiger partial charge on any atom is -0.488 e. The largest absolute Gasteiger partial charge is 0.488 e. The normalized spacial score (nSPS) is 20.1. The summed E-state index contributed by atoms with van der Waals surface area (Å²) in [6.07, 6.45) is 1.32. The summed E-state index contributed by atoms with van der Waals surface area (Å²) in [5.41, 5.74) is 1.24. The van der Waals surface area contributed by atoms with E-state index >= 15 is 0 Å². The Hall–Kier alpha value is -3.05. The fourth-order valence-electron chi connectivity index (χ4n) is 3.69. The van der Waals surface area contributed by atoms with Crippen molar-refractivity contribution in [3.05, 3.63) is 30.1 Å². The van der Waals surface area contributed by atoms with Gasteiger partial charge in [0, 0.05) is 30.3 Å². The number of carbonyl (C=O) groups excluding carboxylic acids is 2. The number of benzene rings is 1. The Labute approximate surface area is 187 Å². The second-order valence-corrected chi connectivity index (χ2v) is 8.53. The van der Waals surface area contributed by atoms with Gasteiger partial charge in [-0.05, 0) is 49.6 Å². The lowest BCUT2D eigenvalue weighted by Crippen LogP contribution is -2.47. The predicted molar refractivity (Wildman–Crippen MR) is 117 cm³/mol. The number of nitrogens with one attached hydrogen (secondary N) is 1. The van der Waals surface area contributed by atoms with E-state index < -0.39 is 0 Å². The van der Waals surface area contributed by atoms with Crippen molar-refractivity contribution in [2.75, 3.05) is 39.1 Å². The molecule has 11 nitrogen and oxygen atoms in total. The molecule has 2 aromatic rings. The second kappa shape index (κ2) is 10.5. The topological polar surface area (TPSA) is 126 Å². The van der Waals surface area contributed by atoms with Crippen molar-refractivity contribution in [1.82, 2.24) is 30.0 Å². The van der Waals surface area contributed by atoms with E-state index in [2.05, 4.69) is 27.8 Å². The van der Waals surface area contributed by atoms with Crippen LogP contribution in [-0.4, -0.2) is 92.9 Å². The Morgan fingerprint density at radius 2 is 2.19 bits per heavy atom. The number of aliphatic hydroxyl groups is 1. The van der Waals surface area contributed by atoms with Crippen LogP contribution in [0.3, 0.4) is 0 Å². The molecule has 32 heavy (non-hydrogen) atoms. The van der Waals surface area contributed by atoms with Gasteiger partial charge in [0.25, 0.3) is 0 Å². The average Bonchev–Trinajstić information content (AvgIpc) is 3.25. The van der Waals surface area contributed by atoms with Crippen LogP contribution in [0.25, 0.3) is 0 Å². The zero-order chi connectivity index (χ0) is 23.3. The molecule has 1 aliphatic rings. The Balaban J connectivity index is 1.87. The highest BCUT2D eigenvalue weighted by Gasteiger charge is 2.30. The first kappa shape index (κ1) is 23.6. The molecule has 1 aromatic carbocycles. The van der Waals surface area contributed by atoms with Crippen molar-refractivity contribution in [3.8, 4) is 5.75 Å². The zero-order valence-electron chi connectivity index (χ0n) is 18.9. The van der Waals surface area contributed by atoms with Crippen molar-refractivity contribution in [2.45, 2.75) is 39.0 Å². The highest BCUT2D eigenvalue weighted by molar-refractivity contribution is 5.91. The Morgan fingerprint density at radius 1 is 1.41 bits per heavy atom. The number of tetrazole rings is 1. The van der Waals surface area contributed by atoms with Crippen LogP contribution >= 0.6 is 0 Å². The monoisotopic (exact) mass is 445 g/mol. The van der Waals surface area contributed by atoms with Crippen LogP contribution in [0.4, 0.5) is 5.69 Å². The maximum atomic E-state index is 13.1. The van der Waals surface area contributed by atoms with Gasteiger partial charge in [-0.1, -0.05) is 6.92 Å². The second-order valence-electron chi connectivity index (χ2n) is 8.53. The zero-order valence-corrected chi connectivity index (χ0v) is 18.9. The van der Waals surface area contributed by atoms with E-state index in [0.29, 0.717) is 30.1 Å². The number of rotatable bonds is 7. The Kier molecular flexibility index (Phi) is 7.75. The van der Waals surface area contributed by atoms with Crippen LogP contribution in [-0.2, 0) is 22.6 Å². The SMILES string of the molecule is C[C@H]1CN([C@@H](C)CO)C(=O)Cc2cc(NC(=O)Cn3cnnn3)ccc2O[C@@H]1CN(C)C. The summed E-state index contributed by atoms with van der Waals surface area (Å²) in [6.45, 7) is 4.92. The molecule has 2 amide bonds. The Morgan fingerprint density at radius 3 is 2.84 bits per heavy atom. The molecule has 3 rings (SSSR count). The van der Waals surface area contributed by atoms with Crippen molar-refractivity contribution < 1.29 is 19.4 Å². The lowest BCUT2D eigenvalue weighted by atomic mass is 10.0. The van der Waals surface area contributed by atoms with E-state index in [-0.39, 0.29) is 49.5 Å². The number of aromatic nitrogens is 4. The molecule has 0 saturated carbocycles. The van der Waals surface area contributed by atoms with Gasteiger partial charge in [0.15, 0.2) is 0 Å². The number of nitrogens with zero attached hydrogens (tertiary/aromatic N) is 6. The first-order valence-electron chi connectivity index (χ1n) is 10.6. The summed E-state index contributed by atoms with van der Waals surface area (Å²) in [5, 5.41) is 23.2. The van der Waals surface area contributed by atoms with Crippen LogP contribution in [0, 0.1) is 5.92 Å². The lowest BCUT2D eigenvalue weighted by molar-refractivity contribution is -0.134. The minimum absolute atomic E-state index is 0.0241. The van der Waals surface area contributed by atoms with E-state index in [4.69, 9.17) is 4.74 Å². The third-order valence-corrected chi connectivity index (χ3v) is 5.44. The highest BCUT2D eigenvalue weighted by atomic mass is 16.5. The summed E-state index contributed by atoms with van der Waals surface area (Å²) in [7, 11) is 3.96. The first-order chi connectivity index (χ1) is 15.3. The quantitative estimate of drug-likeness (QED) is 0.611. The van der Waals surface area contributed by atoms with Crippen molar-refractivity contribution in [2.24, 2.45) is 5.92 Å². The average molecular weight is 446 g/mol. The number of ether oxygens (including phenoxy) is 1. The highest BCUT2D eigenvalue weighted by Crippen LogP contribution is 2.29. The van der Waals surface area contributed by atoms with Gasteiger partial charge >= 0.3 is 0 Å². The van der Waals surface area contributed by atoms with E-state index in [1.807, 2.05) is 25.9 Å². The number of anilines is 1. The third-order valence-electron chi connectivity index (χ3n) is 5.44. The molecule has 1 aromatic heterocycles. The number of aliphatic hydroxyl groups excluding tert-OH is 1. The van der Waals surface area contributed by atoms with Crippen LogP contribution in [0.15, 0.2) is 24.5 Å². The van der Waals surface area contributed by atoms with Gasteiger partial charge in [0.2, 0.25) is 11.8 Å². The van der Waals surface area contributed by atoms with Gasteiger partial charge in [-0.2, -0.15) is 0 Å². The van der Waals surface area contributed by atoms with E-state index in [0.717, 1.165) is 0 Å². The molecule has 0 unspecified atom stereocenters. The van der Waals surface area contributed by atoms with Crippen LogP contribution in [0.5, 0.6) is 5.75 Å². The molecule has 1 aliphatic heterocycles. The maximum absolute atomic E-state index is 13.1. The third kappa shape index (κ3) is 6.01. The van der Waals surface area contributed by atoms with Crippen molar-refractivity contribution in [3.63, 3.8) is 0 Å². The standard InChI is InChI=1S/C21H31N7O4/c1-14-9-28(15(2)12-29)21(31)8-16-7-17(23-20(30)11-27-13-22-24-25-27)5-6-18(16)32-19(14)10-26(3)4/h5-7,13-15,19,29H,8-12H2,1-4H3,(H,23,30)/t14-,15-,19+/m0/s1. The summed E-state index contributed by atoms with van der Waals surface area (Å²) in [6, 6.07) is 5.00. The van der Waals surface area contributed by atoms with Crippen molar-refractivity contribution >= 4 is 17.5 Å². The minimum atomic E-state index is -0.300. The van der Waals surface area contributed by atoms with Gasteiger partial charge in [-0.25, -0.2) is 4.68 Å². The summed E-state index contributed by atoms with van der Waals surface area (Å²) < 4.78 is 7.69. The number of likely N-dealkylation sites (N-methyl/N-ethyl adjacent to an activating group) is 1. The van der Waals surface area contributed by atoms with Crippen molar-refractivity contribution in [1.29, 1.82) is 0 Å². The molecule has 0 aliphatic carbocycles. The number of hydrogen-bond acceptors (Lipinski definition) is 8. The summed E-state index contributed by atoms with van der Waals surface area (Å²) in [4.78, 5) is 29.2. The number of fused-ring (bicyclic) bond motifs is 1. The molecule has 2 heterocycles. The molecule has 3 atom stereocenters. The molecule has 0 spiro atoms. The Bertz CT molecular complexity index is 919. The molecular weight excluding hydrogens is 414 g/mol. The fraction of sp³-hybridized carbons (Fsp3) is 0.571. The summed E-state index contributed by atoms with van der Waals surface area (Å²) in [5.74, 6) is 0.291. The fourth-order valence-corrected chi connectivity index (χ4v) is 3.69. The molecule has 0 bridgehead atoms. The lowest BCUT2D eigenvalue weighted by Gasteiger charge is -2.33. The number of carbonyl (C=O) groups is 2. The van der Waals surface area contributed by atoms with E-state index in [9.17, 15) is 14.7 Å². The van der Waals surface area contributed by atoms with Gasteiger partial charge in [-0.3, -0.25) is 9.59 Å². The van der Waals surface area contributed by atoms with Gasteiger partial charge < -0.3 is 25.0 Å². The predicted octanol–water partition coefficient (Wildman–Crippen LogP) is 0.0224. The molecule has 0 fully saturated rings. The smallest absolute Gasteiger partial charge is 0.246 e. The number of amides is 2. The molecule has 0 saturated heterocycles. The summed E-state index contributed by atoms with van der Waals surface area (Å²) >= 11 is 0. The van der Waals surface area contributed by atoms with Crippen LogP contribution in [0.1, 0.15) is 19.4 Å². The van der Waals surface area contributed by atoms with Gasteiger partial charge in [0.05, 0.1) is 19.1 Å². The molecule has 11 heteroatoms. The maximum Gasteiger partial charge on any atom is 0.246 e. The first-order valence-corrected chi connectivity index (χ1v) is 10.6. The van der Waals surface area contributed by atoms with Gasteiger partial charge in [-0.15, -0.1) is 5.10 Å². The molecular formula is C21H31N7O4. The van der Waals surface area contributed by atoms with E-state index in [1.54, 1.807) is 23.1 Å². The molecule has 0 radical (unpaired) electrons. The van der Waals surface area contributed by atoms with Crippen LogP contribution < -0.4 is 10.1 Å². The van der Waals surface area contributed by atoms with Crippen LogP contribution in [0.2, 0.25) is 0 Å².